The van der Waals surface area contributed by atoms with E-state index in [2.05, 4.69) is 21.2 Å². The molecule has 0 radical (unpaired) electrons. The number of nitrogens with one attached hydrogen (secondary N) is 1. The number of carbonyl (C=O) groups excluding carboxylic acids is 2. The van der Waals surface area contributed by atoms with E-state index in [0.29, 0.717) is 12.3 Å². The second-order valence-corrected chi connectivity index (χ2v) is 12.3. The van der Waals surface area contributed by atoms with Crippen molar-refractivity contribution in [3.05, 3.63) is 88.4 Å². The Bertz CT molecular complexity index is 1440. The van der Waals surface area contributed by atoms with E-state index < -0.39 is 28.5 Å². The van der Waals surface area contributed by atoms with Crippen LogP contribution in [0.4, 0.5) is 5.69 Å². The van der Waals surface area contributed by atoms with Gasteiger partial charge in [0.05, 0.1) is 26.2 Å². The topological polar surface area (TPSA) is 105 Å². The molecule has 1 unspecified atom stereocenters. The molecule has 0 aliphatic rings. The van der Waals surface area contributed by atoms with Crippen molar-refractivity contribution in [2.75, 3.05) is 37.9 Å². The van der Waals surface area contributed by atoms with Gasteiger partial charge >= 0.3 is 0 Å². The second kappa shape index (κ2) is 14.9. The fourth-order valence-electron chi connectivity index (χ4n) is 4.34. The third-order valence-corrected chi connectivity index (χ3v) is 8.02. The second-order valence-electron chi connectivity index (χ2n) is 9.46. The lowest BCUT2D eigenvalue weighted by molar-refractivity contribution is -0.140. The van der Waals surface area contributed by atoms with Gasteiger partial charge in [-0.25, -0.2) is 8.42 Å². The van der Waals surface area contributed by atoms with Crippen molar-refractivity contribution >= 4 is 43.5 Å². The van der Waals surface area contributed by atoms with E-state index in [1.165, 1.54) is 25.2 Å². The summed E-state index contributed by atoms with van der Waals surface area (Å²) in [5, 5.41) is 2.92. The molecule has 0 aliphatic heterocycles. The highest BCUT2D eigenvalue weighted by atomic mass is 79.9. The molecule has 11 heteroatoms. The zero-order valence-corrected chi connectivity index (χ0v) is 26.1. The van der Waals surface area contributed by atoms with Gasteiger partial charge in [-0.05, 0) is 41.8 Å². The van der Waals surface area contributed by atoms with Gasteiger partial charge < -0.3 is 19.7 Å². The predicted molar refractivity (Wildman–Crippen MR) is 164 cm³/mol. The van der Waals surface area contributed by atoms with Crippen LogP contribution < -0.4 is 19.1 Å². The van der Waals surface area contributed by atoms with Crippen molar-refractivity contribution in [1.82, 2.24) is 10.2 Å². The van der Waals surface area contributed by atoms with Gasteiger partial charge in [0.1, 0.15) is 24.1 Å². The first kappa shape index (κ1) is 32.0. The van der Waals surface area contributed by atoms with Crippen LogP contribution >= 0.6 is 15.9 Å². The summed E-state index contributed by atoms with van der Waals surface area (Å²) in [5.41, 5.74) is 1.83. The molecule has 0 fully saturated rings. The highest BCUT2D eigenvalue weighted by Crippen LogP contribution is 2.34. The quantitative estimate of drug-likeness (QED) is 0.279. The van der Waals surface area contributed by atoms with Crippen molar-refractivity contribution < 1.29 is 27.5 Å². The van der Waals surface area contributed by atoms with Gasteiger partial charge in [0.25, 0.3) is 0 Å². The Morgan fingerprint density at radius 3 is 2.27 bits per heavy atom. The van der Waals surface area contributed by atoms with Crippen molar-refractivity contribution in [3.8, 4) is 11.5 Å². The highest BCUT2D eigenvalue weighted by molar-refractivity contribution is 9.10. The normalized spacial score (nSPS) is 11.8. The van der Waals surface area contributed by atoms with Crippen molar-refractivity contribution in [3.63, 3.8) is 0 Å². The smallest absolute Gasteiger partial charge is 0.244 e. The van der Waals surface area contributed by atoms with E-state index in [-0.39, 0.29) is 30.3 Å². The largest absolute Gasteiger partial charge is 0.497 e. The lowest BCUT2D eigenvalue weighted by atomic mass is 10.0. The SMILES string of the molecule is CCCNC(=O)C(Cc1ccccc1)N(Cc1cccc(Br)c1)C(=O)CN(c1ccc(OC)cc1OC)S(C)(=O)=O. The first-order valence-electron chi connectivity index (χ1n) is 13.1. The molecule has 0 heterocycles. The fourth-order valence-corrected chi connectivity index (χ4v) is 5.64. The molecule has 0 spiro atoms. The summed E-state index contributed by atoms with van der Waals surface area (Å²) in [4.78, 5) is 29.2. The summed E-state index contributed by atoms with van der Waals surface area (Å²) in [5.74, 6) is -0.160. The van der Waals surface area contributed by atoms with E-state index in [9.17, 15) is 18.0 Å². The number of nitrogens with zero attached hydrogens (tertiary/aromatic N) is 2. The van der Waals surface area contributed by atoms with Crippen molar-refractivity contribution in [2.24, 2.45) is 0 Å². The number of halogens is 1. The molecule has 220 valence electrons. The van der Waals surface area contributed by atoms with Crippen LogP contribution in [0.15, 0.2) is 77.3 Å². The number of amides is 2. The van der Waals surface area contributed by atoms with Crippen LogP contribution in [-0.2, 0) is 32.6 Å². The Kier molecular flexibility index (Phi) is 11.6. The van der Waals surface area contributed by atoms with Gasteiger partial charge in [-0.2, -0.15) is 0 Å². The number of anilines is 1. The molecule has 3 aromatic rings. The summed E-state index contributed by atoms with van der Waals surface area (Å²) >= 11 is 3.47. The molecule has 0 aromatic heterocycles. The molecular formula is C30H36BrN3O6S. The van der Waals surface area contributed by atoms with Gasteiger partial charge in [-0.15, -0.1) is 0 Å². The van der Waals surface area contributed by atoms with Crippen LogP contribution in [0, 0.1) is 0 Å². The molecule has 2 amide bonds. The summed E-state index contributed by atoms with van der Waals surface area (Å²) in [6, 6.07) is 20.6. The highest BCUT2D eigenvalue weighted by Gasteiger charge is 2.33. The average molecular weight is 647 g/mol. The van der Waals surface area contributed by atoms with Crippen LogP contribution in [0.3, 0.4) is 0 Å². The Morgan fingerprint density at radius 1 is 0.951 bits per heavy atom. The summed E-state index contributed by atoms with van der Waals surface area (Å²) in [6.45, 7) is 1.94. The third-order valence-electron chi connectivity index (χ3n) is 6.40. The number of rotatable bonds is 14. The number of sulfonamides is 1. The van der Waals surface area contributed by atoms with Crippen LogP contribution in [0.1, 0.15) is 24.5 Å². The summed E-state index contributed by atoms with van der Waals surface area (Å²) in [7, 11) is -1.04. The molecule has 0 saturated carbocycles. The molecule has 41 heavy (non-hydrogen) atoms. The van der Waals surface area contributed by atoms with E-state index in [1.807, 2.05) is 61.5 Å². The molecule has 3 rings (SSSR count). The minimum atomic E-state index is -3.94. The van der Waals surface area contributed by atoms with Crippen LogP contribution in [0.25, 0.3) is 0 Å². The predicted octanol–water partition coefficient (Wildman–Crippen LogP) is 4.40. The van der Waals surface area contributed by atoms with Gasteiger partial charge in [0.2, 0.25) is 21.8 Å². The molecule has 0 aliphatic carbocycles. The lowest BCUT2D eigenvalue weighted by Crippen LogP contribution is -2.53. The van der Waals surface area contributed by atoms with Gasteiger partial charge in [-0.1, -0.05) is 65.3 Å². The number of hydrogen-bond donors (Lipinski definition) is 1. The number of ether oxygens (including phenoxy) is 2. The number of carbonyl (C=O) groups is 2. The molecule has 1 N–H and O–H groups in total. The summed E-state index contributed by atoms with van der Waals surface area (Å²) in [6.07, 6.45) is 2.00. The number of benzene rings is 3. The monoisotopic (exact) mass is 645 g/mol. The maximum absolute atomic E-state index is 14.2. The minimum Gasteiger partial charge on any atom is -0.497 e. The Morgan fingerprint density at radius 2 is 1.66 bits per heavy atom. The van der Waals surface area contributed by atoms with E-state index >= 15 is 0 Å². The van der Waals surface area contributed by atoms with Crippen LogP contribution in [0.2, 0.25) is 0 Å². The lowest BCUT2D eigenvalue weighted by Gasteiger charge is -2.33. The van der Waals surface area contributed by atoms with Crippen LogP contribution in [-0.4, -0.2) is 64.7 Å². The molecule has 1 atom stereocenters. The fraction of sp³-hybridized carbons (Fsp3) is 0.333. The Labute approximate surface area is 250 Å². The van der Waals surface area contributed by atoms with E-state index in [4.69, 9.17) is 9.47 Å². The van der Waals surface area contributed by atoms with Gasteiger partial charge in [0, 0.05) is 30.0 Å². The number of methoxy groups -OCH3 is 2. The van der Waals surface area contributed by atoms with E-state index in [0.717, 1.165) is 32.6 Å². The van der Waals surface area contributed by atoms with E-state index in [1.54, 1.807) is 12.1 Å². The molecular weight excluding hydrogens is 610 g/mol. The molecule has 0 saturated heterocycles. The average Bonchev–Trinajstić information content (AvgIpc) is 2.96. The third kappa shape index (κ3) is 8.96. The summed E-state index contributed by atoms with van der Waals surface area (Å²) < 4.78 is 38.6. The first-order chi connectivity index (χ1) is 19.6. The zero-order valence-electron chi connectivity index (χ0n) is 23.7. The van der Waals surface area contributed by atoms with Gasteiger partial charge in [0.15, 0.2) is 0 Å². The van der Waals surface area contributed by atoms with Gasteiger partial charge in [-0.3, -0.25) is 13.9 Å². The zero-order chi connectivity index (χ0) is 30.0. The molecule has 3 aromatic carbocycles. The van der Waals surface area contributed by atoms with Crippen molar-refractivity contribution in [1.29, 1.82) is 0 Å². The maximum Gasteiger partial charge on any atom is 0.244 e. The number of hydrogen-bond acceptors (Lipinski definition) is 6. The first-order valence-corrected chi connectivity index (χ1v) is 15.8. The Hall–Kier alpha value is -3.57. The molecule has 9 nitrogen and oxygen atoms in total. The van der Waals surface area contributed by atoms with Crippen LogP contribution in [0.5, 0.6) is 11.5 Å². The minimum absolute atomic E-state index is 0.0899. The standard InChI is InChI=1S/C30H36BrN3O6S/c1-5-16-32-30(36)27(18-22-10-7-6-8-11-22)33(20-23-12-9-13-24(31)17-23)29(35)21-34(41(4,37)38)26-15-14-25(39-2)19-28(26)40-3/h6-15,17,19,27H,5,16,18,20-21H2,1-4H3,(H,32,36). The maximum atomic E-state index is 14.2. The molecule has 0 bridgehead atoms. The Balaban J connectivity index is 2.08. The van der Waals surface area contributed by atoms with Crippen molar-refractivity contribution in [2.45, 2.75) is 32.4 Å².